The fourth-order valence-electron chi connectivity index (χ4n) is 1.69. The summed E-state index contributed by atoms with van der Waals surface area (Å²) in [6.07, 6.45) is 2.83. The SMILES string of the molecule is CC.COc1cc(OC)c(P)c(COc2cnc(N)nc2)c1F. The van der Waals surface area contributed by atoms with Gasteiger partial charge in [-0.25, -0.2) is 14.4 Å². The van der Waals surface area contributed by atoms with Gasteiger partial charge in [0, 0.05) is 16.9 Å². The molecule has 0 radical (unpaired) electrons. The molecule has 1 unspecified atom stereocenters. The van der Waals surface area contributed by atoms with Crippen LogP contribution in [0.2, 0.25) is 0 Å². The first kappa shape index (κ1) is 18.9. The second-order valence-electron chi connectivity index (χ2n) is 4.05. The van der Waals surface area contributed by atoms with E-state index in [1.165, 1.54) is 32.7 Å². The summed E-state index contributed by atoms with van der Waals surface area (Å²) in [6.45, 7) is 3.98. The van der Waals surface area contributed by atoms with Gasteiger partial charge in [0.2, 0.25) is 5.95 Å². The van der Waals surface area contributed by atoms with Crippen LogP contribution in [0.25, 0.3) is 0 Å². The van der Waals surface area contributed by atoms with Crippen LogP contribution in [-0.4, -0.2) is 24.2 Å². The standard InChI is InChI=1S/C13H15FN3O3P.C2H6/c1-18-9-3-10(19-2)12(21)8(11(9)14)6-20-7-4-16-13(15)17-5-7;1-2/h3-5H,6,21H2,1-2H3,(H2,15,16,17);1-2H3. The van der Waals surface area contributed by atoms with E-state index in [9.17, 15) is 4.39 Å². The van der Waals surface area contributed by atoms with Crippen molar-refractivity contribution in [1.29, 1.82) is 0 Å². The lowest BCUT2D eigenvalue weighted by atomic mass is 10.2. The number of hydrogen-bond acceptors (Lipinski definition) is 6. The molecule has 23 heavy (non-hydrogen) atoms. The lowest BCUT2D eigenvalue weighted by Crippen LogP contribution is -2.13. The van der Waals surface area contributed by atoms with Gasteiger partial charge in [-0.15, -0.1) is 9.24 Å². The van der Waals surface area contributed by atoms with Crippen molar-refractivity contribution in [2.75, 3.05) is 20.0 Å². The van der Waals surface area contributed by atoms with Gasteiger partial charge in [0.1, 0.15) is 12.4 Å². The summed E-state index contributed by atoms with van der Waals surface area (Å²) in [7, 11) is 5.32. The highest BCUT2D eigenvalue weighted by atomic mass is 31.0. The maximum Gasteiger partial charge on any atom is 0.220 e. The fraction of sp³-hybridized carbons (Fsp3) is 0.333. The van der Waals surface area contributed by atoms with Crippen molar-refractivity contribution in [3.05, 3.63) is 29.8 Å². The van der Waals surface area contributed by atoms with Gasteiger partial charge < -0.3 is 19.9 Å². The van der Waals surface area contributed by atoms with Crippen LogP contribution < -0.4 is 25.2 Å². The van der Waals surface area contributed by atoms with E-state index >= 15 is 0 Å². The van der Waals surface area contributed by atoms with E-state index in [2.05, 4.69) is 19.2 Å². The number of nitrogen functional groups attached to an aromatic ring is 1. The minimum Gasteiger partial charge on any atom is -0.496 e. The Morgan fingerprint density at radius 3 is 2.22 bits per heavy atom. The molecule has 0 spiro atoms. The highest BCUT2D eigenvalue weighted by molar-refractivity contribution is 7.28. The van der Waals surface area contributed by atoms with Crippen molar-refractivity contribution in [2.45, 2.75) is 20.5 Å². The number of halogens is 1. The molecular formula is C15H21FN3O3P. The van der Waals surface area contributed by atoms with Crippen LogP contribution in [0.1, 0.15) is 19.4 Å². The molecule has 0 fully saturated rings. The summed E-state index contributed by atoms with van der Waals surface area (Å²) in [5.41, 5.74) is 5.70. The minimum atomic E-state index is -0.500. The Balaban J connectivity index is 0.00000127. The molecular weight excluding hydrogens is 320 g/mol. The zero-order valence-electron chi connectivity index (χ0n) is 13.6. The molecule has 2 N–H and O–H groups in total. The van der Waals surface area contributed by atoms with E-state index in [0.29, 0.717) is 22.4 Å². The largest absolute Gasteiger partial charge is 0.496 e. The third-order valence-corrected chi connectivity index (χ3v) is 3.44. The maximum absolute atomic E-state index is 14.3. The van der Waals surface area contributed by atoms with Crippen molar-refractivity contribution >= 4 is 20.5 Å². The Kier molecular flexibility index (Phi) is 7.48. The average molecular weight is 341 g/mol. The van der Waals surface area contributed by atoms with Crippen molar-refractivity contribution in [3.63, 3.8) is 0 Å². The van der Waals surface area contributed by atoms with Crippen molar-refractivity contribution < 1.29 is 18.6 Å². The molecule has 126 valence electrons. The van der Waals surface area contributed by atoms with Gasteiger partial charge in [-0.1, -0.05) is 13.8 Å². The lowest BCUT2D eigenvalue weighted by molar-refractivity contribution is 0.293. The average Bonchev–Trinajstić information content (AvgIpc) is 2.58. The summed E-state index contributed by atoms with van der Waals surface area (Å²) >= 11 is 0. The molecule has 0 aliphatic carbocycles. The molecule has 1 atom stereocenters. The number of methoxy groups -OCH3 is 2. The second kappa shape index (κ2) is 9.10. The molecule has 0 saturated heterocycles. The monoisotopic (exact) mass is 341 g/mol. The Morgan fingerprint density at radius 1 is 1.13 bits per heavy atom. The summed E-state index contributed by atoms with van der Waals surface area (Å²) in [6, 6.07) is 1.48. The van der Waals surface area contributed by atoms with Gasteiger partial charge in [-0.3, -0.25) is 0 Å². The van der Waals surface area contributed by atoms with Crippen molar-refractivity contribution in [2.24, 2.45) is 0 Å². The van der Waals surface area contributed by atoms with Gasteiger partial charge in [0.15, 0.2) is 17.3 Å². The molecule has 2 rings (SSSR count). The molecule has 0 bridgehead atoms. The third-order valence-electron chi connectivity index (χ3n) is 2.81. The maximum atomic E-state index is 14.3. The van der Waals surface area contributed by atoms with Crippen LogP contribution in [0.4, 0.5) is 10.3 Å². The Labute approximate surface area is 137 Å². The summed E-state index contributed by atoms with van der Waals surface area (Å²) in [5, 5.41) is 0.562. The normalized spacial score (nSPS) is 9.65. The summed E-state index contributed by atoms with van der Waals surface area (Å²) in [5.74, 6) is 0.605. The smallest absolute Gasteiger partial charge is 0.220 e. The molecule has 0 saturated carbocycles. The van der Waals surface area contributed by atoms with Crippen LogP contribution in [0.5, 0.6) is 17.2 Å². The highest BCUT2D eigenvalue weighted by Crippen LogP contribution is 2.28. The molecule has 1 aromatic carbocycles. The van der Waals surface area contributed by atoms with Gasteiger partial charge in [0.25, 0.3) is 0 Å². The number of ether oxygens (including phenoxy) is 3. The number of aromatic nitrogens is 2. The third kappa shape index (κ3) is 4.66. The van der Waals surface area contributed by atoms with E-state index in [4.69, 9.17) is 19.9 Å². The molecule has 2 aromatic rings. The molecule has 6 nitrogen and oxygen atoms in total. The van der Waals surface area contributed by atoms with Gasteiger partial charge >= 0.3 is 0 Å². The Morgan fingerprint density at radius 2 is 1.70 bits per heavy atom. The van der Waals surface area contributed by atoms with Crippen LogP contribution >= 0.6 is 9.24 Å². The van der Waals surface area contributed by atoms with Gasteiger partial charge in [-0.2, -0.15) is 0 Å². The quantitative estimate of drug-likeness (QED) is 0.841. The molecule has 0 aliphatic rings. The van der Waals surface area contributed by atoms with Gasteiger partial charge in [0.05, 0.1) is 26.6 Å². The molecule has 0 amide bonds. The molecule has 0 aliphatic heterocycles. The van der Waals surface area contributed by atoms with E-state index in [1.807, 2.05) is 13.8 Å². The first-order chi connectivity index (χ1) is 11.1. The number of nitrogens with two attached hydrogens (primary N) is 1. The number of hydrogen-bond donors (Lipinski definition) is 1. The van der Waals surface area contributed by atoms with Crippen molar-refractivity contribution in [1.82, 2.24) is 9.97 Å². The predicted molar refractivity (Wildman–Crippen MR) is 91.0 cm³/mol. The van der Waals surface area contributed by atoms with Crippen LogP contribution in [0.3, 0.4) is 0 Å². The van der Waals surface area contributed by atoms with E-state index in [1.54, 1.807) is 0 Å². The number of benzene rings is 1. The topological polar surface area (TPSA) is 79.5 Å². The second-order valence-corrected chi connectivity index (χ2v) is 4.63. The van der Waals surface area contributed by atoms with E-state index in [-0.39, 0.29) is 18.3 Å². The van der Waals surface area contributed by atoms with Crippen molar-refractivity contribution in [3.8, 4) is 17.2 Å². The summed E-state index contributed by atoms with van der Waals surface area (Å²) in [4.78, 5) is 7.59. The van der Waals surface area contributed by atoms with E-state index < -0.39 is 5.82 Å². The fourth-order valence-corrected chi connectivity index (χ4v) is 2.10. The van der Waals surface area contributed by atoms with Crippen LogP contribution in [0, 0.1) is 5.82 Å². The first-order valence-electron chi connectivity index (χ1n) is 6.96. The zero-order valence-corrected chi connectivity index (χ0v) is 14.7. The zero-order chi connectivity index (χ0) is 17.4. The Bertz CT molecular complexity index is 611. The highest BCUT2D eigenvalue weighted by Gasteiger charge is 2.17. The molecule has 1 heterocycles. The predicted octanol–water partition coefficient (Wildman–Crippen LogP) is 2.32. The lowest BCUT2D eigenvalue weighted by Gasteiger charge is -2.15. The Hall–Kier alpha value is -2.14. The summed E-state index contributed by atoms with van der Waals surface area (Å²) < 4.78 is 29.9. The molecule has 8 heteroatoms. The first-order valence-corrected chi connectivity index (χ1v) is 7.53. The van der Waals surface area contributed by atoms with Crippen LogP contribution in [0.15, 0.2) is 18.5 Å². The van der Waals surface area contributed by atoms with Crippen LogP contribution in [-0.2, 0) is 6.61 Å². The minimum absolute atomic E-state index is 0.0223. The number of nitrogens with zero attached hydrogens (tertiary/aromatic N) is 2. The van der Waals surface area contributed by atoms with E-state index in [0.717, 1.165) is 0 Å². The number of anilines is 1. The molecule has 1 aromatic heterocycles. The number of rotatable bonds is 5. The van der Waals surface area contributed by atoms with Gasteiger partial charge in [-0.05, 0) is 0 Å².